The first-order valence-corrected chi connectivity index (χ1v) is 9.08. The van der Waals surface area contributed by atoms with E-state index in [1.165, 1.54) is 17.4 Å². The number of unbranched alkanes of at least 4 members (excludes halogenated alkanes) is 2. The lowest BCUT2D eigenvalue weighted by Crippen LogP contribution is -2.12. The third-order valence-corrected chi connectivity index (χ3v) is 4.53. The summed E-state index contributed by atoms with van der Waals surface area (Å²) in [5.74, 6) is -0.172. The van der Waals surface area contributed by atoms with Gasteiger partial charge in [0.1, 0.15) is 12.4 Å². The Morgan fingerprint density at radius 1 is 1.12 bits per heavy atom. The van der Waals surface area contributed by atoms with Crippen molar-refractivity contribution >= 4 is 11.3 Å². The first-order valence-electron chi connectivity index (χ1n) is 8.26. The van der Waals surface area contributed by atoms with Crippen LogP contribution >= 0.6 is 11.3 Å². The highest BCUT2D eigenvalue weighted by molar-refractivity contribution is 7.15. The number of thiazole rings is 1. The Balaban J connectivity index is 2.02. The smallest absolute Gasteiger partial charge is 0.419 e. The Morgan fingerprint density at radius 3 is 2.56 bits per heavy atom. The van der Waals surface area contributed by atoms with Crippen LogP contribution < -0.4 is 4.74 Å². The van der Waals surface area contributed by atoms with Gasteiger partial charge in [-0.05, 0) is 37.1 Å². The second-order valence-electron chi connectivity index (χ2n) is 5.62. The van der Waals surface area contributed by atoms with Crippen molar-refractivity contribution in [3.63, 3.8) is 0 Å². The summed E-state index contributed by atoms with van der Waals surface area (Å²) in [5.41, 5.74) is -0.289. The monoisotopic (exact) mass is 373 g/mol. The lowest BCUT2D eigenvalue weighted by atomic mass is 10.1. The van der Waals surface area contributed by atoms with Crippen LogP contribution in [0.5, 0.6) is 5.75 Å². The predicted molar refractivity (Wildman–Crippen MR) is 93.1 cm³/mol. The van der Waals surface area contributed by atoms with Gasteiger partial charge >= 0.3 is 6.18 Å². The second kappa shape index (κ2) is 9.20. The maximum absolute atomic E-state index is 13.3. The Kier molecular flexibility index (Phi) is 7.25. The Bertz CT molecular complexity index is 671. The van der Waals surface area contributed by atoms with Gasteiger partial charge in [0.2, 0.25) is 0 Å². The minimum Gasteiger partial charge on any atom is -0.491 e. The highest BCUT2D eigenvalue weighted by atomic mass is 32.1. The Morgan fingerprint density at radius 2 is 1.92 bits per heavy atom. The van der Waals surface area contributed by atoms with E-state index >= 15 is 0 Å². The van der Waals surface area contributed by atoms with Gasteiger partial charge in [-0.1, -0.05) is 19.8 Å². The summed E-state index contributed by atoms with van der Waals surface area (Å²) in [5, 5.41) is 0.809. The molecule has 0 saturated carbocycles. The van der Waals surface area contributed by atoms with Crippen molar-refractivity contribution in [2.45, 2.75) is 39.3 Å². The second-order valence-corrected chi connectivity index (χ2v) is 6.85. The highest BCUT2D eigenvalue weighted by Gasteiger charge is 2.35. The molecule has 1 aromatic carbocycles. The van der Waals surface area contributed by atoms with Crippen LogP contribution in [0.3, 0.4) is 0 Å². The third-order valence-electron chi connectivity index (χ3n) is 3.57. The average Bonchev–Trinajstić information content (AvgIpc) is 2.99. The van der Waals surface area contributed by atoms with Gasteiger partial charge in [-0.3, -0.25) is 0 Å². The largest absolute Gasteiger partial charge is 0.491 e. The average molecular weight is 373 g/mol. The zero-order chi connectivity index (χ0) is 18.3. The van der Waals surface area contributed by atoms with Crippen LogP contribution in [0.2, 0.25) is 0 Å². The quantitative estimate of drug-likeness (QED) is 0.527. The van der Waals surface area contributed by atoms with Gasteiger partial charge in [0.25, 0.3) is 0 Å². The SMILES string of the molecule is CCCCCOCCOc1ccc(-c2cnc(C)s2)cc1C(F)(F)F. The van der Waals surface area contributed by atoms with Gasteiger partial charge in [-0.25, -0.2) is 4.98 Å². The summed E-state index contributed by atoms with van der Waals surface area (Å²) >= 11 is 1.36. The number of hydrogen-bond acceptors (Lipinski definition) is 4. The van der Waals surface area contributed by atoms with Crippen molar-refractivity contribution in [3.8, 4) is 16.2 Å². The van der Waals surface area contributed by atoms with Crippen molar-refractivity contribution in [1.82, 2.24) is 4.98 Å². The number of benzene rings is 1. The van der Waals surface area contributed by atoms with E-state index in [1.807, 2.05) is 6.92 Å². The Labute approximate surface area is 149 Å². The fourth-order valence-corrected chi connectivity index (χ4v) is 3.07. The van der Waals surface area contributed by atoms with E-state index in [-0.39, 0.29) is 19.0 Å². The van der Waals surface area contributed by atoms with Gasteiger partial charge in [0.05, 0.1) is 22.1 Å². The van der Waals surface area contributed by atoms with E-state index in [2.05, 4.69) is 11.9 Å². The molecule has 138 valence electrons. The fourth-order valence-electron chi connectivity index (χ4n) is 2.29. The summed E-state index contributed by atoms with van der Waals surface area (Å²) in [7, 11) is 0. The number of halogens is 3. The molecule has 1 heterocycles. The number of rotatable bonds is 9. The third kappa shape index (κ3) is 6.01. The maximum atomic E-state index is 13.3. The number of aromatic nitrogens is 1. The molecule has 0 atom stereocenters. The number of hydrogen-bond donors (Lipinski definition) is 0. The molecule has 0 aliphatic carbocycles. The standard InChI is InChI=1S/C18H22F3NO2S/c1-3-4-5-8-23-9-10-24-16-7-6-14(11-15(16)18(19,20)21)17-12-22-13(2)25-17/h6-7,11-12H,3-5,8-10H2,1-2H3. The molecule has 0 radical (unpaired) electrons. The highest BCUT2D eigenvalue weighted by Crippen LogP contribution is 2.39. The van der Waals surface area contributed by atoms with Crippen molar-refractivity contribution in [1.29, 1.82) is 0 Å². The van der Waals surface area contributed by atoms with Crippen LogP contribution in [0, 0.1) is 6.92 Å². The van der Waals surface area contributed by atoms with Crippen LogP contribution in [0.1, 0.15) is 36.8 Å². The summed E-state index contributed by atoms with van der Waals surface area (Å²) in [6.45, 7) is 4.88. The van der Waals surface area contributed by atoms with E-state index in [9.17, 15) is 13.2 Å². The number of alkyl halides is 3. The van der Waals surface area contributed by atoms with Crippen molar-refractivity contribution in [3.05, 3.63) is 35.0 Å². The topological polar surface area (TPSA) is 31.4 Å². The molecule has 0 saturated heterocycles. The molecule has 0 aliphatic heterocycles. The minimum absolute atomic E-state index is 0.0915. The molecule has 0 spiro atoms. The van der Waals surface area contributed by atoms with E-state index in [0.717, 1.165) is 30.3 Å². The minimum atomic E-state index is -4.48. The first-order chi connectivity index (χ1) is 11.9. The molecular weight excluding hydrogens is 351 g/mol. The normalized spacial score (nSPS) is 11.7. The molecule has 0 aliphatic rings. The fraction of sp³-hybridized carbons (Fsp3) is 0.500. The van der Waals surface area contributed by atoms with Gasteiger partial charge in [0.15, 0.2) is 0 Å². The lowest BCUT2D eigenvalue weighted by molar-refractivity contribution is -0.139. The molecule has 2 rings (SSSR count). The van der Waals surface area contributed by atoms with Crippen LogP contribution in [-0.2, 0) is 10.9 Å². The van der Waals surface area contributed by atoms with Gasteiger partial charge in [-0.2, -0.15) is 13.2 Å². The molecule has 25 heavy (non-hydrogen) atoms. The lowest BCUT2D eigenvalue weighted by Gasteiger charge is -2.15. The van der Waals surface area contributed by atoms with E-state index in [1.54, 1.807) is 12.3 Å². The predicted octanol–water partition coefficient (Wildman–Crippen LogP) is 5.72. The summed E-state index contributed by atoms with van der Waals surface area (Å²) < 4.78 is 50.7. The van der Waals surface area contributed by atoms with Crippen LogP contribution in [-0.4, -0.2) is 24.8 Å². The molecule has 1 aromatic heterocycles. The number of nitrogens with zero attached hydrogens (tertiary/aromatic N) is 1. The Hall–Kier alpha value is -1.60. The van der Waals surface area contributed by atoms with Crippen molar-refractivity contribution in [2.24, 2.45) is 0 Å². The first kappa shape index (κ1) is 19.7. The molecular formula is C18H22F3NO2S. The zero-order valence-electron chi connectivity index (χ0n) is 14.4. The number of ether oxygens (including phenoxy) is 2. The molecule has 0 bridgehead atoms. The zero-order valence-corrected chi connectivity index (χ0v) is 15.2. The molecule has 0 amide bonds. The summed E-state index contributed by atoms with van der Waals surface area (Å²) in [6.07, 6.45) is 0.235. The van der Waals surface area contributed by atoms with Gasteiger partial charge < -0.3 is 9.47 Å². The van der Waals surface area contributed by atoms with Crippen molar-refractivity contribution in [2.75, 3.05) is 19.8 Å². The molecule has 3 nitrogen and oxygen atoms in total. The van der Waals surface area contributed by atoms with E-state index < -0.39 is 11.7 Å². The molecule has 2 aromatic rings. The van der Waals surface area contributed by atoms with Gasteiger partial charge in [-0.15, -0.1) is 11.3 Å². The molecule has 0 fully saturated rings. The van der Waals surface area contributed by atoms with Crippen LogP contribution in [0.15, 0.2) is 24.4 Å². The van der Waals surface area contributed by atoms with E-state index in [0.29, 0.717) is 17.0 Å². The molecule has 7 heteroatoms. The van der Waals surface area contributed by atoms with Crippen LogP contribution in [0.25, 0.3) is 10.4 Å². The maximum Gasteiger partial charge on any atom is 0.419 e. The van der Waals surface area contributed by atoms with Crippen LogP contribution in [0.4, 0.5) is 13.2 Å². The summed E-state index contributed by atoms with van der Waals surface area (Å²) in [4.78, 5) is 4.79. The molecule has 0 N–H and O–H groups in total. The van der Waals surface area contributed by atoms with E-state index in [4.69, 9.17) is 9.47 Å². The summed E-state index contributed by atoms with van der Waals surface area (Å²) in [6, 6.07) is 4.11. The van der Waals surface area contributed by atoms with Crippen molar-refractivity contribution < 1.29 is 22.6 Å². The number of aryl methyl sites for hydroxylation is 1. The van der Waals surface area contributed by atoms with Gasteiger partial charge in [0, 0.05) is 12.8 Å². The molecule has 0 unspecified atom stereocenters.